The number of ether oxygens (including phenoxy) is 1. The van der Waals surface area contributed by atoms with Gasteiger partial charge in [-0.3, -0.25) is 4.79 Å². The Morgan fingerprint density at radius 1 is 1.17 bits per heavy atom. The summed E-state index contributed by atoms with van der Waals surface area (Å²) in [5.41, 5.74) is 6.91. The van der Waals surface area contributed by atoms with E-state index in [9.17, 15) is 9.18 Å². The van der Waals surface area contributed by atoms with Crippen molar-refractivity contribution in [2.24, 2.45) is 11.7 Å². The largest absolute Gasteiger partial charge is 0.489 e. The first kappa shape index (κ1) is 17.9. The number of carbonyl (C=O) groups is 1. The average Bonchev–Trinajstić information content (AvgIpc) is 2.55. The number of primary amides is 1. The van der Waals surface area contributed by atoms with Gasteiger partial charge in [0.25, 0.3) is 0 Å². The fourth-order valence-corrected chi connectivity index (χ4v) is 2.37. The monoisotopic (exact) mass is 330 g/mol. The van der Waals surface area contributed by atoms with Crippen molar-refractivity contribution in [2.75, 3.05) is 0 Å². The lowest BCUT2D eigenvalue weighted by Crippen LogP contribution is -2.44. The first-order valence-corrected chi connectivity index (χ1v) is 7.95. The van der Waals surface area contributed by atoms with E-state index in [1.165, 1.54) is 6.07 Å². The SMILES string of the molecule is CC(C)C(NCc1ccc(OCc2ccccc2F)cc1)C(N)=O. The van der Waals surface area contributed by atoms with Crippen molar-refractivity contribution in [3.05, 3.63) is 65.5 Å². The van der Waals surface area contributed by atoms with Crippen LogP contribution in [-0.2, 0) is 17.9 Å². The quantitative estimate of drug-likeness (QED) is 0.782. The third-order valence-electron chi connectivity index (χ3n) is 3.77. The predicted octanol–water partition coefficient (Wildman–Crippen LogP) is 3.00. The van der Waals surface area contributed by atoms with E-state index < -0.39 is 0 Å². The van der Waals surface area contributed by atoms with Crippen molar-refractivity contribution in [2.45, 2.75) is 33.0 Å². The topological polar surface area (TPSA) is 64.3 Å². The highest BCUT2D eigenvalue weighted by Crippen LogP contribution is 2.16. The third kappa shape index (κ3) is 5.06. The summed E-state index contributed by atoms with van der Waals surface area (Å²) in [6, 6.07) is 13.6. The maximum Gasteiger partial charge on any atom is 0.234 e. The van der Waals surface area contributed by atoms with Crippen LogP contribution in [0.5, 0.6) is 5.75 Å². The molecule has 2 rings (SSSR count). The molecule has 0 spiro atoms. The summed E-state index contributed by atoms with van der Waals surface area (Å²) in [6.45, 7) is 4.62. The summed E-state index contributed by atoms with van der Waals surface area (Å²) in [5.74, 6) is 0.169. The van der Waals surface area contributed by atoms with Gasteiger partial charge in [-0.2, -0.15) is 0 Å². The molecule has 5 heteroatoms. The number of amides is 1. The van der Waals surface area contributed by atoms with Crippen LogP contribution in [0.4, 0.5) is 4.39 Å². The number of rotatable bonds is 8. The first-order valence-electron chi connectivity index (χ1n) is 7.95. The lowest BCUT2D eigenvalue weighted by atomic mass is 10.0. The van der Waals surface area contributed by atoms with Gasteiger partial charge in [0, 0.05) is 12.1 Å². The average molecular weight is 330 g/mol. The van der Waals surface area contributed by atoms with Crippen molar-refractivity contribution in [3.8, 4) is 5.75 Å². The van der Waals surface area contributed by atoms with Crippen molar-refractivity contribution < 1.29 is 13.9 Å². The molecule has 0 fully saturated rings. The lowest BCUT2D eigenvalue weighted by molar-refractivity contribution is -0.121. The van der Waals surface area contributed by atoms with Crippen LogP contribution < -0.4 is 15.8 Å². The van der Waals surface area contributed by atoms with Gasteiger partial charge >= 0.3 is 0 Å². The van der Waals surface area contributed by atoms with Gasteiger partial charge in [-0.25, -0.2) is 4.39 Å². The highest BCUT2D eigenvalue weighted by atomic mass is 19.1. The first-order chi connectivity index (χ1) is 11.5. The lowest BCUT2D eigenvalue weighted by Gasteiger charge is -2.19. The molecule has 1 unspecified atom stereocenters. The Balaban J connectivity index is 1.89. The van der Waals surface area contributed by atoms with E-state index in [-0.39, 0.29) is 30.3 Å². The minimum Gasteiger partial charge on any atom is -0.489 e. The van der Waals surface area contributed by atoms with Crippen molar-refractivity contribution in [3.63, 3.8) is 0 Å². The molecule has 128 valence electrons. The van der Waals surface area contributed by atoms with Gasteiger partial charge in [-0.15, -0.1) is 0 Å². The van der Waals surface area contributed by atoms with Crippen LogP contribution >= 0.6 is 0 Å². The smallest absolute Gasteiger partial charge is 0.234 e. The zero-order valence-electron chi connectivity index (χ0n) is 14.0. The molecule has 0 aliphatic rings. The van der Waals surface area contributed by atoms with Crippen molar-refractivity contribution >= 4 is 5.91 Å². The molecule has 1 amide bonds. The van der Waals surface area contributed by atoms with Crippen LogP contribution in [0.2, 0.25) is 0 Å². The molecular formula is C19H23FN2O2. The number of hydrogen-bond donors (Lipinski definition) is 2. The highest BCUT2D eigenvalue weighted by Gasteiger charge is 2.18. The molecule has 0 saturated heterocycles. The zero-order chi connectivity index (χ0) is 17.5. The van der Waals surface area contributed by atoms with E-state index >= 15 is 0 Å². The summed E-state index contributed by atoms with van der Waals surface area (Å²) in [4.78, 5) is 11.4. The summed E-state index contributed by atoms with van der Waals surface area (Å²) in [7, 11) is 0. The van der Waals surface area contributed by atoms with E-state index in [0.29, 0.717) is 17.9 Å². The highest BCUT2D eigenvalue weighted by molar-refractivity contribution is 5.80. The molecule has 3 N–H and O–H groups in total. The van der Waals surface area contributed by atoms with Gasteiger partial charge in [-0.1, -0.05) is 44.2 Å². The van der Waals surface area contributed by atoms with Crippen LogP contribution in [0.3, 0.4) is 0 Å². The Morgan fingerprint density at radius 2 is 1.83 bits per heavy atom. The van der Waals surface area contributed by atoms with Gasteiger partial charge in [0.2, 0.25) is 5.91 Å². The Kier molecular flexibility index (Phi) is 6.32. The molecule has 2 aromatic rings. The Hall–Kier alpha value is -2.40. The number of nitrogens with one attached hydrogen (secondary N) is 1. The van der Waals surface area contributed by atoms with Gasteiger partial charge in [0.1, 0.15) is 18.2 Å². The molecule has 0 aliphatic heterocycles. The van der Waals surface area contributed by atoms with E-state index in [2.05, 4.69) is 5.32 Å². The van der Waals surface area contributed by atoms with Gasteiger partial charge in [0.15, 0.2) is 0 Å². The summed E-state index contributed by atoms with van der Waals surface area (Å²) < 4.78 is 19.1. The zero-order valence-corrected chi connectivity index (χ0v) is 14.0. The second kappa shape index (κ2) is 8.45. The molecule has 0 radical (unpaired) electrons. The number of hydrogen-bond acceptors (Lipinski definition) is 3. The summed E-state index contributed by atoms with van der Waals surface area (Å²) >= 11 is 0. The normalized spacial score (nSPS) is 12.2. The van der Waals surface area contributed by atoms with Gasteiger partial charge < -0.3 is 15.8 Å². The van der Waals surface area contributed by atoms with Gasteiger partial charge in [-0.05, 0) is 29.7 Å². The van der Waals surface area contributed by atoms with Gasteiger partial charge in [0.05, 0.1) is 6.04 Å². The van der Waals surface area contributed by atoms with Crippen LogP contribution in [0.15, 0.2) is 48.5 Å². The fraction of sp³-hybridized carbons (Fsp3) is 0.316. The molecule has 4 nitrogen and oxygen atoms in total. The van der Waals surface area contributed by atoms with Crippen LogP contribution in [0.25, 0.3) is 0 Å². The number of halogens is 1. The second-order valence-corrected chi connectivity index (χ2v) is 6.03. The van der Waals surface area contributed by atoms with Crippen LogP contribution in [0, 0.1) is 11.7 Å². The maximum atomic E-state index is 13.5. The fourth-order valence-electron chi connectivity index (χ4n) is 2.37. The van der Waals surface area contributed by atoms with E-state index in [0.717, 1.165) is 5.56 Å². The van der Waals surface area contributed by atoms with Crippen molar-refractivity contribution in [1.29, 1.82) is 0 Å². The minimum absolute atomic E-state index is 0.130. The Morgan fingerprint density at radius 3 is 2.42 bits per heavy atom. The summed E-state index contributed by atoms with van der Waals surface area (Å²) in [6.07, 6.45) is 0. The van der Waals surface area contributed by atoms with E-state index in [4.69, 9.17) is 10.5 Å². The molecule has 24 heavy (non-hydrogen) atoms. The number of carbonyl (C=O) groups excluding carboxylic acids is 1. The van der Waals surface area contributed by atoms with Crippen LogP contribution in [0.1, 0.15) is 25.0 Å². The Bertz CT molecular complexity index is 671. The van der Waals surface area contributed by atoms with Crippen molar-refractivity contribution in [1.82, 2.24) is 5.32 Å². The molecule has 0 aliphatic carbocycles. The predicted molar refractivity (Wildman–Crippen MR) is 91.8 cm³/mol. The standard InChI is InChI=1S/C19H23FN2O2/c1-13(2)18(19(21)23)22-11-14-7-9-16(10-8-14)24-12-15-5-3-4-6-17(15)20/h3-10,13,18,22H,11-12H2,1-2H3,(H2,21,23). The third-order valence-corrected chi connectivity index (χ3v) is 3.77. The Labute approximate surface area is 141 Å². The van der Waals surface area contributed by atoms with E-state index in [1.54, 1.807) is 18.2 Å². The van der Waals surface area contributed by atoms with E-state index in [1.807, 2.05) is 38.1 Å². The maximum absolute atomic E-state index is 13.5. The molecule has 1 atom stereocenters. The molecule has 0 heterocycles. The number of benzene rings is 2. The second-order valence-electron chi connectivity index (χ2n) is 6.03. The molecule has 0 aromatic heterocycles. The summed E-state index contributed by atoms with van der Waals surface area (Å²) in [5, 5.41) is 3.15. The molecule has 2 aromatic carbocycles. The van der Waals surface area contributed by atoms with Crippen LogP contribution in [-0.4, -0.2) is 11.9 Å². The minimum atomic E-state index is -0.359. The molecular weight excluding hydrogens is 307 g/mol. The molecule has 0 bridgehead atoms. The molecule has 0 saturated carbocycles. The number of nitrogens with two attached hydrogens (primary N) is 1.